The lowest BCUT2D eigenvalue weighted by Crippen LogP contribution is -2.10. The normalized spacial score (nSPS) is 10.9. The molecule has 0 heterocycles. The first kappa shape index (κ1) is 18.7. The SMILES string of the molecule is CC(C)Oc1c(Br)cc(Br)cc1CNc1cc(Cl)c(O)c(Cl)c1. The van der Waals surface area contributed by atoms with Crippen LogP contribution < -0.4 is 10.1 Å². The summed E-state index contributed by atoms with van der Waals surface area (Å²) in [6.45, 7) is 4.47. The lowest BCUT2D eigenvalue weighted by molar-refractivity contribution is 0.238. The van der Waals surface area contributed by atoms with Crippen molar-refractivity contribution in [1.29, 1.82) is 0 Å². The minimum absolute atomic E-state index is 0.0591. The molecule has 0 aliphatic heterocycles. The molecule has 2 rings (SSSR count). The molecule has 0 saturated heterocycles. The van der Waals surface area contributed by atoms with Crippen LogP contribution in [0.1, 0.15) is 19.4 Å². The van der Waals surface area contributed by atoms with E-state index in [-0.39, 0.29) is 21.9 Å². The van der Waals surface area contributed by atoms with Crippen LogP contribution in [0.15, 0.2) is 33.2 Å². The molecule has 0 aliphatic carbocycles. The molecule has 3 nitrogen and oxygen atoms in total. The van der Waals surface area contributed by atoms with Gasteiger partial charge in [0, 0.05) is 22.3 Å². The fourth-order valence-corrected chi connectivity index (χ4v) is 3.87. The Labute approximate surface area is 162 Å². The first-order valence-electron chi connectivity index (χ1n) is 6.84. The Hall–Kier alpha value is -0.620. The maximum Gasteiger partial charge on any atom is 0.152 e. The molecule has 0 aromatic heterocycles. The number of halogens is 4. The number of rotatable bonds is 5. The molecule has 0 amide bonds. The number of benzene rings is 2. The number of hydrogen-bond donors (Lipinski definition) is 2. The number of ether oxygens (including phenoxy) is 1. The van der Waals surface area contributed by atoms with Gasteiger partial charge in [0.1, 0.15) is 5.75 Å². The summed E-state index contributed by atoms with van der Waals surface area (Å²) in [5.41, 5.74) is 1.68. The Morgan fingerprint density at radius 3 is 2.30 bits per heavy atom. The van der Waals surface area contributed by atoms with E-state index in [1.165, 1.54) is 0 Å². The molecule has 0 spiro atoms. The Kier molecular flexibility index (Phi) is 6.48. The fourth-order valence-electron chi connectivity index (χ4n) is 1.98. The summed E-state index contributed by atoms with van der Waals surface area (Å²) in [7, 11) is 0. The van der Waals surface area contributed by atoms with Crippen LogP contribution in [-0.4, -0.2) is 11.2 Å². The van der Waals surface area contributed by atoms with E-state index in [2.05, 4.69) is 37.2 Å². The van der Waals surface area contributed by atoms with Gasteiger partial charge in [-0.05, 0) is 54.0 Å². The summed E-state index contributed by atoms with van der Waals surface area (Å²) in [6, 6.07) is 7.17. The van der Waals surface area contributed by atoms with E-state index >= 15 is 0 Å². The molecular formula is C16H15Br2Cl2NO2. The highest BCUT2D eigenvalue weighted by Gasteiger charge is 2.13. The molecular weight excluding hydrogens is 469 g/mol. The quantitative estimate of drug-likeness (QED) is 0.469. The van der Waals surface area contributed by atoms with Crippen LogP contribution in [0.4, 0.5) is 5.69 Å². The lowest BCUT2D eigenvalue weighted by Gasteiger charge is -2.17. The second-order valence-corrected chi connectivity index (χ2v) is 7.77. The van der Waals surface area contributed by atoms with Gasteiger partial charge in [-0.15, -0.1) is 0 Å². The number of nitrogens with one attached hydrogen (secondary N) is 1. The van der Waals surface area contributed by atoms with Crippen molar-refractivity contribution in [3.05, 3.63) is 48.8 Å². The van der Waals surface area contributed by atoms with E-state index in [9.17, 15) is 5.11 Å². The molecule has 2 aromatic rings. The molecule has 0 fully saturated rings. The number of hydrogen-bond acceptors (Lipinski definition) is 3. The molecule has 0 aliphatic rings. The lowest BCUT2D eigenvalue weighted by atomic mass is 10.2. The fraction of sp³-hybridized carbons (Fsp3) is 0.250. The summed E-state index contributed by atoms with van der Waals surface area (Å²) in [5.74, 6) is 0.666. The van der Waals surface area contributed by atoms with Crippen LogP contribution in [-0.2, 0) is 6.54 Å². The monoisotopic (exact) mass is 481 g/mol. The van der Waals surface area contributed by atoms with E-state index in [1.807, 2.05) is 26.0 Å². The van der Waals surface area contributed by atoms with Gasteiger partial charge in [0.25, 0.3) is 0 Å². The van der Waals surface area contributed by atoms with Crippen LogP contribution in [0.2, 0.25) is 10.0 Å². The van der Waals surface area contributed by atoms with E-state index in [0.29, 0.717) is 12.2 Å². The average Bonchev–Trinajstić information content (AvgIpc) is 2.45. The van der Waals surface area contributed by atoms with Crippen molar-refractivity contribution in [1.82, 2.24) is 0 Å². The molecule has 0 radical (unpaired) electrons. The molecule has 23 heavy (non-hydrogen) atoms. The van der Waals surface area contributed by atoms with Gasteiger partial charge in [0.05, 0.1) is 20.6 Å². The first-order chi connectivity index (χ1) is 10.8. The highest BCUT2D eigenvalue weighted by molar-refractivity contribution is 9.11. The molecule has 7 heteroatoms. The van der Waals surface area contributed by atoms with Gasteiger partial charge >= 0.3 is 0 Å². The smallest absolute Gasteiger partial charge is 0.152 e. The van der Waals surface area contributed by atoms with Gasteiger partial charge in [-0.1, -0.05) is 39.1 Å². The zero-order valence-electron chi connectivity index (χ0n) is 12.5. The second kappa shape index (κ2) is 7.97. The third-order valence-electron chi connectivity index (χ3n) is 2.94. The van der Waals surface area contributed by atoms with Gasteiger partial charge < -0.3 is 15.2 Å². The topological polar surface area (TPSA) is 41.5 Å². The van der Waals surface area contributed by atoms with E-state index < -0.39 is 0 Å². The van der Waals surface area contributed by atoms with Gasteiger partial charge in [-0.25, -0.2) is 0 Å². The van der Waals surface area contributed by atoms with Gasteiger partial charge in [0.2, 0.25) is 0 Å². The van der Waals surface area contributed by atoms with Crippen LogP contribution in [0, 0.1) is 0 Å². The average molecular weight is 484 g/mol. The molecule has 2 aromatic carbocycles. The van der Waals surface area contributed by atoms with Crippen molar-refractivity contribution in [3.63, 3.8) is 0 Å². The van der Waals surface area contributed by atoms with Crippen LogP contribution in [0.5, 0.6) is 11.5 Å². The molecule has 0 bridgehead atoms. The van der Waals surface area contributed by atoms with E-state index in [1.54, 1.807) is 12.1 Å². The van der Waals surface area contributed by atoms with E-state index in [4.69, 9.17) is 27.9 Å². The van der Waals surface area contributed by atoms with Crippen molar-refractivity contribution in [2.24, 2.45) is 0 Å². The van der Waals surface area contributed by atoms with Gasteiger partial charge in [-0.2, -0.15) is 0 Å². The predicted octanol–water partition coefficient (Wildman–Crippen LogP) is 6.62. The Morgan fingerprint density at radius 2 is 1.74 bits per heavy atom. The summed E-state index contributed by atoms with van der Waals surface area (Å²) >= 11 is 18.9. The molecule has 124 valence electrons. The summed E-state index contributed by atoms with van der Waals surface area (Å²) in [5, 5.41) is 13.2. The van der Waals surface area contributed by atoms with Crippen molar-refractivity contribution in [3.8, 4) is 11.5 Å². The molecule has 2 N–H and O–H groups in total. The van der Waals surface area contributed by atoms with Crippen molar-refractivity contribution >= 4 is 60.7 Å². The van der Waals surface area contributed by atoms with Crippen molar-refractivity contribution in [2.45, 2.75) is 26.5 Å². The van der Waals surface area contributed by atoms with Crippen molar-refractivity contribution in [2.75, 3.05) is 5.32 Å². The van der Waals surface area contributed by atoms with Gasteiger partial charge in [0.15, 0.2) is 5.75 Å². The second-order valence-electron chi connectivity index (χ2n) is 5.18. The van der Waals surface area contributed by atoms with Gasteiger partial charge in [-0.3, -0.25) is 0 Å². The summed E-state index contributed by atoms with van der Waals surface area (Å²) in [4.78, 5) is 0. The third-order valence-corrected chi connectivity index (χ3v) is 4.56. The van der Waals surface area contributed by atoms with Crippen molar-refractivity contribution < 1.29 is 9.84 Å². The minimum Gasteiger partial charge on any atom is -0.505 e. The molecule has 0 atom stereocenters. The molecule has 0 unspecified atom stereocenters. The van der Waals surface area contributed by atoms with Crippen LogP contribution in [0.3, 0.4) is 0 Å². The maximum atomic E-state index is 9.61. The Morgan fingerprint density at radius 1 is 1.13 bits per heavy atom. The number of aromatic hydroxyl groups is 1. The largest absolute Gasteiger partial charge is 0.505 e. The van der Waals surface area contributed by atoms with Crippen LogP contribution in [0.25, 0.3) is 0 Å². The highest BCUT2D eigenvalue weighted by Crippen LogP contribution is 2.36. The zero-order valence-corrected chi connectivity index (χ0v) is 17.1. The Balaban J connectivity index is 2.26. The standard InChI is InChI=1S/C16H15Br2Cl2NO2/c1-8(2)23-16-9(3-10(17)4-12(16)18)7-21-11-5-13(19)15(22)14(20)6-11/h3-6,8,21-22H,7H2,1-2H3. The zero-order chi connectivity index (χ0) is 17.1. The molecule has 0 saturated carbocycles. The number of phenolic OH excluding ortho intramolecular Hbond substituents is 1. The minimum atomic E-state index is -0.118. The maximum absolute atomic E-state index is 9.61. The van der Waals surface area contributed by atoms with E-state index in [0.717, 1.165) is 20.3 Å². The summed E-state index contributed by atoms with van der Waals surface area (Å²) in [6.07, 6.45) is 0.0591. The first-order valence-corrected chi connectivity index (χ1v) is 9.18. The number of anilines is 1. The number of phenols is 1. The third kappa shape index (κ3) is 4.92. The predicted molar refractivity (Wildman–Crippen MR) is 103 cm³/mol. The summed E-state index contributed by atoms with van der Waals surface area (Å²) < 4.78 is 7.70. The highest BCUT2D eigenvalue weighted by atomic mass is 79.9. The van der Waals surface area contributed by atoms with Crippen LogP contribution >= 0.6 is 55.1 Å². The Bertz CT molecular complexity index is 700.